The molecule has 0 aliphatic carbocycles. The molecule has 1 N–H and O–H groups in total. The Bertz CT molecular complexity index is 319. The average molecular weight is 196 g/mol. The number of aliphatic hydroxyl groups excluding tert-OH is 1. The molecule has 1 unspecified atom stereocenters. The highest BCUT2D eigenvalue weighted by molar-refractivity contribution is 5.52. The fourth-order valence-electron chi connectivity index (χ4n) is 1.47. The van der Waals surface area contributed by atoms with Gasteiger partial charge in [0.15, 0.2) is 11.5 Å². The third-order valence-electron chi connectivity index (χ3n) is 2.20. The van der Waals surface area contributed by atoms with E-state index in [1.165, 1.54) is 0 Å². The van der Waals surface area contributed by atoms with Crippen LogP contribution in [0.1, 0.15) is 24.2 Å². The summed E-state index contributed by atoms with van der Waals surface area (Å²) in [6.45, 7) is 3.64. The Labute approximate surface area is 84.3 Å². The molecule has 3 nitrogen and oxygen atoms in total. The summed E-state index contributed by atoms with van der Waals surface area (Å²) in [4.78, 5) is 0. The molecule has 14 heavy (non-hydrogen) atoms. The molecule has 0 aliphatic rings. The molecule has 0 aromatic heterocycles. The number of aryl methyl sites for hydroxylation is 1. The van der Waals surface area contributed by atoms with Gasteiger partial charge in [0, 0.05) is 5.56 Å². The second-order valence-electron chi connectivity index (χ2n) is 3.21. The van der Waals surface area contributed by atoms with E-state index in [-0.39, 0.29) is 0 Å². The molecule has 1 atom stereocenters. The van der Waals surface area contributed by atoms with Gasteiger partial charge in [-0.05, 0) is 19.4 Å². The molecule has 78 valence electrons. The van der Waals surface area contributed by atoms with E-state index in [0.29, 0.717) is 11.5 Å². The first kappa shape index (κ1) is 10.9. The molecule has 0 heterocycles. The van der Waals surface area contributed by atoms with Crippen LogP contribution >= 0.6 is 0 Å². The van der Waals surface area contributed by atoms with Crippen molar-refractivity contribution in [2.75, 3.05) is 14.2 Å². The van der Waals surface area contributed by atoms with Gasteiger partial charge in [0.1, 0.15) is 0 Å². The molecular formula is C11H16O3. The van der Waals surface area contributed by atoms with Crippen LogP contribution in [0.4, 0.5) is 0 Å². The van der Waals surface area contributed by atoms with Crippen molar-refractivity contribution in [3.8, 4) is 11.5 Å². The Morgan fingerprint density at radius 2 is 1.71 bits per heavy atom. The van der Waals surface area contributed by atoms with Crippen LogP contribution in [0.15, 0.2) is 12.1 Å². The van der Waals surface area contributed by atoms with Crippen molar-refractivity contribution in [3.05, 3.63) is 23.3 Å². The number of methoxy groups -OCH3 is 2. The summed E-state index contributed by atoms with van der Waals surface area (Å²) in [7, 11) is 3.17. The monoisotopic (exact) mass is 196 g/mol. The lowest BCUT2D eigenvalue weighted by Gasteiger charge is -2.16. The topological polar surface area (TPSA) is 38.7 Å². The van der Waals surface area contributed by atoms with Crippen LogP contribution in [0.5, 0.6) is 11.5 Å². The Hall–Kier alpha value is -1.22. The van der Waals surface area contributed by atoms with E-state index in [1.54, 1.807) is 21.1 Å². The minimum atomic E-state index is -0.556. The lowest BCUT2D eigenvalue weighted by atomic mass is 10.1. The molecule has 0 bridgehead atoms. The molecule has 0 saturated heterocycles. The van der Waals surface area contributed by atoms with Gasteiger partial charge in [0.05, 0.1) is 20.3 Å². The van der Waals surface area contributed by atoms with E-state index in [1.807, 2.05) is 19.1 Å². The second kappa shape index (κ2) is 4.33. The van der Waals surface area contributed by atoms with Crippen LogP contribution in [0.3, 0.4) is 0 Å². The Kier molecular flexibility index (Phi) is 3.36. The van der Waals surface area contributed by atoms with Crippen LogP contribution < -0.4 is 9.47 Å². The Morgan fingerprint density at radius 3 is 2.14 bits per heavy atom. The van der Waals surface area contributed by atoms with Gasteiger partial charge in [-0.2, -0.15) is 0 Å². The minimum Gasteiger partial charge on any atom is -0.493 e. The highest BCUT2D eigenvalue weighted by Crippen LogP contribution is 2.37. The third-order valence-corrected chi connectivity index (χ3v) is 2.20. The molecule has 1 rings (SSSR count). The number of hydrogen-bond donors (Lipinski definition) is 1. The largest absolute Gasteiger partial charge is 0.493 e. The molecule has 3 heteroatoms. The van der Waals surface area contributed by atoms with Crippen molar-refractivity contribution in [2.24, 2.45) is 0 Å². The first-order chi connectivity index (χ1) is 6.61. The van der Waals surface area contributed by atoms with Crippen molar-refractivity contribution in [3.63, 3.8) is 0 Å². The number of benzene rings is 1. The van der Waals surface area contributed by atoms with Crippen LogP contribution in [0.2, 0.25) is 0 Å². The maximum absolute atomic E-state index is 9.51. The molecule has 1 aromatic carbocycles. The summed E-state index contributed by atoms with van der Waals surface area (Å²) in [5.74, 6) is 1.30. The predicted molar refractivity (Wildman–Crippen MR) is 54.9 cm³/mol. The quantitative estimate of drug-likeness (QED) is 0.804. The number of aliphatic hydroxyl groups is 1. The fraction of sp³-hybridized carbons (Fsp3) is 0.455. The van der Waals surface area contributed by atoms with E-state index in [0.717, 1.165) is 11.1 Å². The maximum atomic E-state index is 9.51. The average Bonchev–Trinajstić information content (AvgIpc) is 2.16. The summed E-state index contributed by atoms with van der Waals surface area (Å²) < 4.78 is 10.4. The van der Waals surface area contributed by atoms with Crippen LogP contribution in [0, 0.1) is 6.92 Å². The van der Waals surface area contributed by atoms with E-state index < -0.39 is 6.10 Å². The Balaban J connectivity index is 3.33. The van der Waals surface area contributed by atoms with Crippen molar-refractivity contribution >= 4 is 0 Å². The molecule has 0 amide bonds. The van der Waals surface area contributed by atoms with Gasteiger partial charge in [-0.25, -0.2) is 0 Å². The fourth-order valence-corrected chi connectivity index (χ4v) is 1.47. The smallest absolute Gasteiger partial charge is 0.166 e. The van der Waals surface area contributed by atoms with Gasteiger partial charge in [-0.1, -0.05) is 12.1 Å². The van der Waals surface area contributed by atoms with Crippen LogP contribution in [0.25, 0.3) is 0 Å². The minimum absolute atomic E-state index is 0.556. The van der Waals surface area contributed by atoms with Crippen LogP contribution in [-0.2, 0) is 0 Å². The lowest BCUT2D eigenvalue weighted by molar-refractivity contribution is 0.193. The summed E-state index contributed by atoms with van der Waals surface area (Å²) >= 11 is 0. The number of ether oxygens (including phenoxy) is 2. The van der Waals surface area contributed by atoms with Crippen molar-refractivity contribution in [1.29, 1.82) is 0 Å². The van der Waals surface area contributed by atoms with E-state index >= 15 is 0 Å². The maximum Gasteiger partial charge on any atom is 0.166 e. The molecule has 1 aromatic rings. The first-order valence-electron chi connectivity index (χ1n) is 4.51. The summed E-state index contributed by atoms with van der Waals surface area (Å²) in [6.07, 6.45) is -0.556. The molecule has 0 fully saturated rings. The normalized spacial score (nSPS) is 12.4. The number of hydrogen-bond acceptors (Lipinski definition) is 3. The summed E-state index contributed by atoms with van der Waals surface area (Å²) in [5, 5.41) is 9.51. The number of rotatable bonds is 3. The zero-order chi connectivity index (χ0) is 10.7. The highest BCUT2D eigenvalue weighted by Gasteiger charge is 2.15. The van der Waals surface area contributed by atoms with Gasteiger partial charge >= 0.3 is 0 Å². The second-order valence-corrected chi connectivity index (χ2v) is 3.21. The molecule has 0 radical (unpaired) electrons. The molecular weight excluding hydrogens is 180 g/mol. The van der Waals surface area contributed by atoms with Crippen molar-refractivity contribution in [1.82, 2.24) is 0 Å². The zero-order valence-corrected chi connectivity index (χ0v) is 9.00. The Morgan fingerprint density at radius 1 is 1.14 bits per heavy atom. The van der Waals surface area contributed by atoms with Crippen LogP contribution in [-0.4, -0.2) is 19.3 Å². The van der Waals surface area contributed by atoms with Gasteiger partial charge < -0.3 is 14.6 Å². The molecule has 0 aliphatic heterocycles. The van der Waals surface area contributed by atoms with Crippen molar-refractivity contribution < 1.29 is 14.6 Å². The summed E-state index contributed by atoms with van der Waals surface area (Å²) in [6, 6.07) is 3.75. The summed E-state index contributed by atoms with van der Waals surface area (Å²) in [5.41, 5.74) is 1.74. The van der Waals surface area contributed by atoms with Gasteiger partial charge in [0.25, 0.3) is 0 Å². The van der Waals surface area contributed by atoms with Gasteiger partial charge in [0.2, 0.25) is 0 Å². The molecule has 0 saturated carbocycles. The van der Waals surface area contributed by atoms with Gasteiger partial charge in [-0.3, -0.25) is 0 Å². The SMILES string of the molecule is COc1c(C)ccc(C(C)O)c1OC. The lowest BCUT2D eigenvalue weighted by Crippen LogP contribution is -2.00. The van der Waals surface area contributed by atoms with E-state index in [4.69, 9.17) is 9.47 Å². The third kappa shape index (κ3) is 1.82. The van der Waals surface area contributed by atoms with Crippen molar-refractivity contribution in [2.45, 2.75) is 20.0 Å². The zero-order valence-electron chi connectivity index (χ0n) is 9.00. The highest BCUT2D eigenvalue weighted by atomic mass is 16.5. The van der Waals surface area contributed by atoms with Gasteiger partial charge in [-0.15, -0.1) is 0 Å². The predicted octanol–water partition coefficient (Wildman–Crippen LogP) is 2.07. The first-order valence-corrected chi connectivity index (χ1v) is 4.51. The van der Waals surface area contributed by atoms with E-state index in [2.05, 4.69) is 0 Å². The van der Waals surface area contributed by atoms with E-state index in [9.17, 15) is 5.11 Å². The molecule has 0 spiro atoms. The standard InChI is InChI=1S/C11H16O3/c1-7-5-6-9(8(2)12)11(14-4)10(7)13-3/h5-6,8,12H,1-4H3.